The number of hydrogen-bond acceptors (Lipinski definition) is 7. The molecule has 1 unspecified atom stereocenters. The fourth-order valence-corrected chi connectivity index (χ4v) is 5.21. The Morgan fingerprint density at radius 2 is 2.00 bits per heavy atom. The lowest BCUT2D eigenvalue weighted by Gasteiger charge is -2.20. The zero-order chi connectivity index (χ0) is 20.6. The zero-order valence-corrected chi connectivity index (χ0v) is 17.4. The van der Waals surface area contributed by atoms with Crippen LogP contribution in [0.3, 0.4) is 0 Å². The lowest BCUT2D eigenvalue weighted by Crippen LogP contribution is -2.28. The van der Waals surface area contributed by atoms with Crippen molar-refractivity contribution in [3.05, 3.63) is 50.6 Å². The lowest BCUT2D eigenvalue weighted by atomic mass is 10.1. The van der Waals surface area contributed by atoms with Gasteiger partial charge in [0.1, 0.15) is 0 Å². The average molecular weight is 458 g/mol. The fourth-order valence-electron chi connectivity index (χ4n) is 2.91. The van der Waals surface area contributed by atoms with E-state index in [1.807, 2.05) is 35.0 Å². The molecule has 6 nitrogen and oxygen atoms in total. The second-order valence-electron chi connectivity index (χ2n) is 6.15. The van der Waals surface area contributed by atoms with Gasteiger partial charge in [-0.1, -0.05) is 23.9 Å². The molecule has 0 N–H and O–H groups in total. The highest BCUT2D eigenvalue weighted by Gasteiger charge is 2.38. The Kier molecular flexibility index (Phi) is 5.49. The minimum Gasteiger partial charge on any atom is -0.302 e. The van der Waals surface area contributed by atoms with Crippen LogP contribution < -0.4 is 0 Å². The number of alkyl halides is 3. The van der Waals surface area contributed by atoms with Crippen molar-refractivity contribution in [2.45, 2.75) is 23.8 Å². The van der Waals surface area contributed by atoms with Crippen LogP contribution in [0.25, 0.3) is 0 Å². The van der Waals surface area contributed by atoms with Gasteiger partial charge in [-0.3, -0.25) is 4.79 Å². The van der Waals surface area contributed by atoms with Gasteiger partial charge in [0.15, 0.2) is 5.16 Å². The van der Waals surface area contributed by atoms with Crippen LogP contribution in [-0.2, 0) is 18.0 Å². The predicted molar refractivity (Wildman–Crippen MR) is 106 cm³/mol. The van der Waals surface area contributed by atoms with E-state index in [9.17, 15) is 18.0 Å². The molecular weight excluding hydrogens is 443 g/mol. The zero-order valence-electron chi connectivity index (χ0n) is 15.0. The number of carbonyl (C=O) groups excluding carboxylic acids is 1. The monoisotopic (exact) mass is 457 g/mol. The number of hydrazone groups is 1. The molecule has 0 aromatic carbocycles. The van der Waals surface area contributed by atoms with E-state index >= 15 is 0 Å². The molecule has 0 radical (unpaired) electrons. The molecular formula is C17H14F3N5OS3. The Hall–Kier alpha value is -2.18. The second-order valence-corrected chi connectivity index (χ2v) is 9.02. The summed E-state index contributed by atoms with van der Waals surface area (Å²) in [6.07, 6.45) is -4.00. The Morgan fingerprint density at radius 1 is 1.24 bits per heavy atom. The number of halogens is 3. The first-order chi connectivity index (χ1) is 13.8. The van der Waals surface area contributed by atoms with Crippen LogP contribution in [0.1, 0.15) is 28.0 Å². The van der Waals surface area contributed by atoms with E-state index in [4.69, 9.17) is 0 Å². The molecule has 3 aromatic heterocycles. The highest BCUT2D eigenvalue weighted by Crippen LogP contribution is 2.36. The number of amides is 1. The standard InChI is InChI=1S/C17H14F3N5OS3/c1-24-15(17(18,19)20)21-22-16(24)29-9-14(26)25-11(13-5-3-7-28-13)8-10(23-25)12-4-2-6-27-12/h2-7,11H,8-9H2,1H3. The van der Waals surface area contributed by atoms with E-state index in [0.29, 0.717) is 6.42 Å². The summed E-state index contributed by atoms with van der Waals surface area (Å²) in [6, 6.07) is 7.53. The van der Waals surface area contributed by atoms with E-state index in [1.54, 1.807) is 22.7 Å². The number of thioether (sulfide) groups is 1. The SMILES string of the molecule is Cn1c(SCC(=O)N2N=C(c3cccs3)CC2c2cccs2)nnc1C(F)(F)F. The van der Waals surface area contributed by atoms with Crippen LogP contribution in [0.4, 0.5) is 13.2 Å². The molecule has 12 heteroatoms. The van der Waals surface area contributed by atoms with E-state index < -0.39 is 12.0 Å². The maximum Gasteiger partial charge on any atom is 0.451 e. The third-order valence-corrected chi connectivity index (χ3v) is 7.15. The normalized spacial score (nSPS) is 17.0. The molecule has 0 bridgehead atoms. The predicted octanol–water partition coefficient (Wildman–Crippen LogP) is 4.43. The molecule has 0 aliphatic carbocycles. The van der Waals surface area contributed by atoms with Gasteiger partial charge in [0.05, 0.1) is 22.4 Å². The maximum atomic E-state index is 12.9. The number of hydrogen-bond donors (Lipinski definition) is 0. The molecule has 1 atom stereocenters. The molecule has 152 valence electrons. The first-order valence-electron chi connectivity index (χ1n) is 8.41. The summed E-state index contributed by atoms with van der Waals surface area (Å²) in [4.78, 5) is 14.9. The third kappa shape index (κ3) is 4.09. The summed E-state index contributed by atoms with van der Waals surface area (Å²) in [5.41, 5.74) is 0.828. The highest BCUT2D eigenvalue weighted by molar-refractivity contribution is 7.99. The molecule has 3 aromatic rings. The Morgan fingerprint density at radius 3 is 2.62 bits per heavy atom. The Labute approximate surface area is 176 Å². The van der Waals surface area contributed by atoms with Gasteiger partial charge in [0.25, 0.3) is 5.91 Å². The van der Waals surface area contributed by atoms with Crippen LogP contribution in [-0.4, -0.2) is 37.1 Å². The molecule has 4 rings (SSSR count). The molecule has 0 fully saturated rings. The number of rotatable bonds is 5. The molecule has 1 aliphatic rings. The fraction of sp³-hybridized carbons (Fsp3) is 0.294. The van der Waals surface area contributed by atoms with Crippen molar-refractivity contribution in [1.82, 2.24) is 19.8 Å². The van der Waals surface area contributed by atoms with Crippen LogP contribution in [0.2, 0.25) is 0 Å². The van der Waals surface area contributed by atoms with E-state index in [2.05, 4.69) is 15.3 Å². The minimum atomic E-state index is -4.59. The largest absolute Gasteiger partial charge is 0.451 e. The van der Waals surface area contributed by atoms with Gasteiger partial charge in [-0.15, -0.1) is 32.9 Å². The molecule has 4 heterocycles. The summed E-state index contributed by atoms with van der Waals surface area (Å²) in [7, 11) is 1.23. The van der Waals surface area contributed by atoms with Gasteiger partial charge >= 0.3 is 6.18 Å². The number of nitrogens with zero attached hydrogens (tertiary/aromatic N) is 5. The third-order valence-electron chi connectivity index (χ3n) is 4.26. The van der Waals surface area contributed by atoms with Crippen molar-refractivity contribution < 1.29 is 18.0 Å². The molecule has 0 saturated heterocycles. The van der Waals surface area contributed by atoms with Gasteiger partial charge in [-0.2, -0.15) is 18.3 Å². The van der Waals surface area contributed by atoms with Gasteiger partial charge in [0.2, 0.25) is 5.82 Å². The minimum absolute atomic E-state index is 0.0278. The van der Waals surface area contributed by atoms with Gasteiger partial charge < -0.3 is 4.57 Å². The first-order valence-corrected chi connectivity index (χ1v) is 11.2. The van der Waals surface area contributed by atoms with Crippen molar-refractivity contribution in [2.24, 2.45) is 12.1 Å². The van der Waals surface area contributed by atoms with Crippen LogP contribution >= 0.6 is 34.4 Å². The summed E-state index contributed by atoms with van der Waals surface area (Å²) in [5, 5.41) is 16.6. The summed E-state index contributed by atoms with van der Waals surface area (Å²) in [6.45, 7) is 0. The molecule has 29 heavy (non-hydrogen) atoms. The molecule has 1 amide bonds. The van der Waals surface area contributed by atoms with E-state index in [1.165, 1.54) is 12.1 Å². The quantitative estimate of drug-likeness (QED) is 0.532. The summed E-state index contributed by atoms with van der Waals surface area (Å²) in [5.74, 6) is -1.48. The van der Waals surface area contributed by atoms with Gasteiger partial charge in [0, 0.05) is 18.3 Å². The Balaban J connectivity index is 1.52. The van der Waals surface area contributed by atoms with E-state index in [0.717, 1.165) is 31.8 Å². The number of carbonyl (C=O) groups is 1. The Bertz CT molecular complexity index is 1030. The molecule has 1 aliphatic heterocycles. The van der Waals surface area contributed by atoms with Crippen molar-refractivity contribution in [1.29, 1.82) is 0 Å². The smallest absolute Gasteiger partial charge is 0.302 e. The highest BCUT2D eigenvalue weighted by atomic mass is 32.2. The van der Waals surface area contributed by atoms with Crippen LogP contribution in [0.5, 0.6) is 0 Å². The van der Waals surface area contributed by atoms with Gasteiger partial charge in [-0.25, -0.2) is 5.01 Å². The van der Waals surface area contributed by atoms with Crippen molar-refractivity contribution in [2.75, 3.05) is 5.75 Å². The van der Waals surface area contributed by atoms with Crippen LogP contribution in [0, 0.1) is 0 Å². The topological polar surface area (TPSA) is 63.4 Å². The van der Waals surface area contributed by atoms with E-state index in [-0.39, 0.29) is 22.9 Å². The summed E-state index contributed by atoms with van der Waals surface area (Å²) >= 11 is 4.01. The lowest BCUT2D eigenvalue weighted by molar-refractivity contribution is -0.147. The van der Waals surface area contributed by atoms with Crippen molar-refractivity contribution >= 4 is 46.1 Å². The van der Waals surface area contributed by atoms with Crippen molar-refractivity contribution in [3.8, 4) is 0 Å². The average Bonchev–Trinajstić information content (AvgIpc) is 3.44. The summed E-state index contributed by atoms with van der Waals surface area (Å²) < 4.78 is 39.5. The maximum absolute atomic E-state index is 12.9. The molecule has 0 saturated carbocycles. The first kappa shape index (κ1) is 20.1. The second kappa shape index (κ2) is 7.92. The van der Waals surface area contributed by atoms with Crippen molar-refractivity contribution in [3.63, 3.8) is 0 Å². The number of aromatic nitrogens is 3. The molecule has 0 spiro atoms. The van der Waals surface area contributed by atoms with Crippen LogP contribution in [0.15, 0.2) is 45.3 Å². The number of thiophene rings is 2. The van der Waals surface area contributed by atoms with Gasteiger partial charge in [-0.05, 0) is 22.9 Å².